The molecule has 2 nitrogen and oxygen atoms in total. The van der Waals surface area contributed by atoms with E-state index in [1.54, 1.807) is 0 Å². The van der Waals surface area contributed by atoms with Crippen molar-refractivity contribution in [2.24, 2.45) is 17.8 Å². The normalized spacial score (nSPS) is 34.9. The van der Waals surface area contributed by atoms with Crippen molar-refractivity contribution in [1.82, 2.24) is 0 Å². The van der Waals surface area contributed by atoms with E-state index >= 15 is 0 Å². The fourth-order valence-corrected chi connectivity index (χ4v) is 3.53. The van der Waals surface area contributed by atoms with Crippen LogP contribution in [0.1, 0.15) is 51.4 Å². The van der Waals surface area contributed by atoms with E-state index in [4.69, 9.17) is 4.74 Å². The van der Waals surface area contributed by atoms with Crippen molar-refractivity contribution >= 4 is 5.97 Å². The SMILES string of the molecule is COC(=O)CCC1CC2CCCC(C2)C1. The van der Waals surface area contributed by atoms with E-state index < -0.39 is 0 Å². The van der Waals surface area contributed by atoms with Crippen molar-refractivity contribution in [3.8, 4) is 0 Å². The van der Waals surface area contributed by atoms with Crippen LogP contribution in [0.5, 0.6) is 0 Å². The fourth-order valence-electron chi connectivity index (χ4n) is 3.53. The monoisotopic (exact) mass is 210 g/mol. The summed E-state index contributed by atoms with van der Waals surface area (Å²) in [6, 6.07) is 0. The molecule has 2 fully saturated rings. The van der Waals surface area contributed by atoms with Gasteiger partial charge in [-0.1, -0.05) is 19.3 Å². The highest BCUT2D eigenvalue weighted by atomic mass is 16.5. The molecule has 2 rings (SSSR count). The van der Waals surface area contributed by atoms with Gasteiger partial charge < -0.3 is 4.74 Å². The molecule has 2 atom stereocenters. The Labute approximate surface area is 92.4 Å². The average Bonchev–Trinajstić information content (AvgIpc) is 2.25. The van der Waals surface area contributed by atoms with Crippen molar-refractivity contribution in [3.63, 3.8) is 0 Å². The number of carbonyl (C=O) groups is 1. The van der Waals surface area contributed by atoms with E-state index in [0.29, 0.717) is 6.42 Å². The number of esters is 1. The van der Waals surface area contributed by atoms with E-state index in [1.165, 1.54) is 45.6 Å². The van der Waals surface area contributed by atoms with Crippen molar-refractivity contribution in [3.05, 3.63) is 0 Å². The first-order chi connectivity index (χ1) is 7.28. The largest absolute Gasteiger partial charge is 0.469 e. The second-order valence-corrected chi connectivity index (χ2v) is 5.35. The molecule has 15 heavy (non-hydrogen) atoms. The summed E-state index contributed by atoms with van der Waals surface area (Å²) in [4.78, 5) is 11.1. The Morgan fingerprint density at radius 1 is 1.20 bits per heavy atom. The number of hydrogen-bond donors (Lipinski definition) is 0. The van der Waals surface area contributed by atoms with Gasteiger partial charge >= 0.3 is 5.97 Å². The average molecular weight is 210 g/mol. The van der Waals surface area contributed by atoms with Gasteiger partial charge in [-0.2, -0.15) is 0 Å². The van der Waals surface area contributed by atoms with Gasteiger partial charge in [0.1, 0.15) is 0 Å². The number of rotatable bonds is 3. The third-order valence-electron chi connectivity index (χ3n) is 4.21. The van der Waals surface area contributed by atoms with Crippen molar-refractivity contribution in [1.29, 1.82) is 0 Å². The summed E-state index contributed by atoms with van der Waals surface area (Å²) in [5.41, 5.74) is 0. The molecule has 0 spiro atoms. The summed E-state index contributed by atoms with van der Waals surface area (Å²) in [5, 5.41) is 0. The summed E-state index contributed by atoms with van der Waals surface area (Å²) >= 11 is 0. The molecular weight excluding hydrogens is 188 g/mol. The molecule has 0 saturated heterocycles. The molecule has 0 radical (unpaired) electrons. The minimum Gasteiger partial charge on any atom is -0.469 e. The van der Waals surface area contributed by atoms with Crippen LogP contribution in [0.25, 0.3) is 0 Å². The summed E-state index contributed by atoms with van der Waals surface area (Å²) in [6.45, 7) is 0. The maximum absolute atomic E-state index is 11.1. The highest BCUT2D eigenvalue weighted by molar-refractivity contribution is 5.69. The molecule has 2 heteroatoms. The van der Waals surface area contributed by atoms with Crippen LogP contribution >= 0.6 is 0 Å². The molecule has 2 unspecified atom stereocenters. The predicted octanol–water partition coefficient (Wildman–Crippen LogP) is 3.16. The predicted molar refractivity (Wildman–Crippen MR) is 59.4 cm³/mol. The third-order valence-corrected chi connectivity index (χ3v) is 4.21. The number of ether oxygens (including phenoxy) is 1. The summed E-state index contributed by atoms with van der Waals surface area (Å²) in [6.07, 6.45) is 10.2. The van der Waals surface area contributed by atoms with Crippen LogP contribution in [0.2, 0.25) is 0 Å². The molecule has 2 aliphatic carbocycles. The molecule has 0 aromatic heterocycles. The Balaban J connectivity index is 1.76. The standard InChI is InChI=1S/C13H22O2/c1-15-13(14)6-5-12-8-10-3-2-4-11(7-10)9-12/h10-12H,2-9H2,1H3. The smallest absolute Gasteiger partial charge is 0.305 e. The van der Waals surface area contributed by atoms with Crippen LogP contribution < -0.4 is 0 Å². The van der Waals surface area contributed by atoms with E-state index in [-0.39, 0.29) is 5.97 Å². The van der Waals surface area contributed by atoms with Gasteiger partial charge in [0.25, 0.3) is 0 Å². The topological polar surface area (TPSA) is 26.3 Å². The number of fused-ring (bicyclic) bond motifs is 2. The van der Waals surface area contributed by atoms with E-state index in [1.807, 2.05) is 0 Å². The lowest BCUT2D eigenvalue weighted by Crippen LogP contribution is -2.27. The molecule has 0 aromatic carbocycles. The lowest BCUT2D eigenvalue weighted by molar-refractivity contribution is -0.141. The molecule has 2 aliphatic rings. The lowest BCUT2D eigenvalue weighted by Gasteiger charge is -2.39. The van der Waals surface area contributed by atoms with Gasteiger partial charge in [-0.05, 0) is 43.4 Å². The lowest BCUT2D eigenvalue weighted by atomic mass is 9.67. The summed E-state index contributed by atoms with van der Waals surface area (Å²) in [5.74, 6) is 2.71. The van der Waals surface area contributed by atoms with Gasteiger partial charge in [-0.25, -0.2) is 0 Å². The Bertz CT molecular complexity index is 213. The first kappa shape index (κ1) is 11.0. The van der Waals surface area contributed by atoms with Gasteiger partial charge in [0.2, 0.25) is 0 Å². The summed E-state index contributed by atoms with van der Waals surface area (Å²) in [7, 11) is 1.48. The van der Waals surface area contributed by atoms with E-state index in [9.17, 15) is 4.79 Å². The molecule has 0 aliphatic heterocycles. The second-order valence-electron chi connectivity index (χ2n) is 5.35. The molecule has 0 N–H and O–H groups in total. The van der Waals surface area contributed by atoms with Gasteiger partial charge in [0.15, 0.2) is 0 Å². The zero-order chi connectivity index (χ0) is 10.7. The third kappa shape index (κ3) is 2.96. The van der Waals surface area contributed by atoms with Crippen molar-refractivity contribution in [2.75, 3.05) is 7.11 Å². The molecule has 2 saturated carbocycles. The second kappa shape index (κ2) is 5.00. The van der Waals surface area contributed by atoms with Crippen LogP contribution in [0, 0.1) is 17.8 Å². The molecule has 0 aromatic rings. The fraction of sp³-hybridized carbons (Fsp3) is 0.923. The van der Waals surface area contributed by atoms with E-state index in [0.717, 1.165) is 24.2 Å². The summed E-state index contributed by atoms with van der Waals surface area (Å²) < 4.78 is 4.70. The van der Waals surface area contributed by atoms with Crippen LogP contribution in [0.3, 0.4) is 0 Å². The zero-order valence-corrected chi connectivity index (χ0v) is 9.71. The number of hydrogen-bond acceptors (Lipinski definition) is 2. The number of carbonyl (C=O) groups excluding carboxylic acids is 1. The minimum atomic E-state index is -0.0364. The van der Waals surface area contributed by atoms with Crippen molar-refractivity contribution < 1.29 is 9.53 Å². The molecular formula is C13H22O2. The Kier molecular flexibility index (Phi) is 3.66. The zero-order valence-electron chi connectivity index (χ0n) is 9.71. The quantitative estimate of drug-likeness (QED) is 0.669. The molecule has 2 bridgehead atoms. The Morgan fingerprint density at radius 3 is 2.47 bits per heavy atom. The maximum Gasteiger partial charge on any atom is 0.305 e. The van der Waals surface area contributed by atoms with Gasteiger partial charge in [-0.15, -0.1) is 0 Å². The molecule has 0 heterocycles. The van der Waals surface area contributed by atoms with E-state index in [2.05, 4.69) is 0 Å². The Hall–Kier alpha value is -0.530. The van der Waals surface area contributed by atoms with Gasteiger partial charge in [0, 0.05) is 6.42 Å². The van der Waals surface area contributed by atoms with Crippen LogP contribution in [-0.4, -0.2) is 13.1 Å². The first-order valence-electron chi connectivity index (χ1n) is 6.34. The molecule has 86 valence electrons. The van der Waals surface area contributed by atoms with Crippen LogP contribution in [0.4, 0.5) is 0 Å². The molecule has 0 amide bonds. The van der Waals surface area contributed by atoms with Gasteiger partial charge in [0.05, 0.1) is 7.11 Å². The first-order valence-corrected chi connectivity index (χ1v) is 6.34. The van der Waals surface area contributed by atoms with Crippen LogP contribution in [0.15, 0.2) is 0 Å². The maximum atomic E-state index is 11.1. The number of methoxy groups -OCH3 is 1. The highest BCUT2D eigenvalue weighted by Gasteiger charge is 2.31. The minimum absolute atomic E-state index is 0.0364. The van der Waals surface area contributed by atoms with Crippen molar-refractivity contribution in [2.45, 2.75) is 51.4 Å². The van der Waals surface area contributed by atoms with Gasteiger partial charge in [-0.3, -0.25) is 4.79 Å². The highest BCUT2D eigenvalue weighted by Crippen LogP contribution is 2.43. The van der Waals surface area contributed by atoms with Crippen LogP contribution in [-0.2, 0) is 9.53 Å². The Morgan fingerprint density at radius 2 is 1.87 bits per heavy atom.